The van der Waals surface area contributed by atoms with Crippen LogP contribution in [0.15, 0.2) is 16.7 Å². The van der Waals surface area contributed by atoms with Crippen molar-refractivity contribution < 1.29 is 5.11 Å². The van der Waals surface area contributed by atoms with Crippen LogP contribution in [0.5, 0.6) is 0 Å². The maximum Gasteiger partial charge on any atom is 0.177 e. The first-order chi connectivity index (χ1) is 7.50. The highest BCUT2D eigenvalue weighted by Gasteiger charge is 2.20. The molecule has 2 aromatic rings. The number of aromatic nitrogens is 3. The van der Waals surface area contributed by atoms with Gasteiger partial charge in [0, 0.05) is 23.6 Å². The molecule has 16 heavy (non-hydrogen) atoms. The maximum atomic E-state index is 9.84. The number of H-pyrrole nitrogens is 1. The quantitative estimate of drug-likeness (QED) is 0.784. The summed E-state index contributed by atoms with van der Waals surface area (Å²) in [6.07, 6.45) is 2.07. The van der Waals surface area contributed by atoms with Gasteiger partial charge in [0.05, 0.1) is 11.1 Å². The zero-order valence-corrected chi connectivity index (χ0v) is 10.5. The Morgan fingerprint density at radius 3 is 3.06 bits per heavy atom. The molecule has 1 unspecified atom stereocenters. The maximum absolute atomic E-state index is 9.84. The number of hydrogen-bond donors (Lipinski definition) is 3. The zero-order valence-electron chi connectivity index (χ0n) is 8.87. The van der Waals surface area contributed by atoms with E-state index in [1.807, 2.05) is 6.07 Å². The number of aromatic amines is 1. The van der Waals surface area contributed by atoms with Crippen molar-refractivity contribution in [2.75, 3.05) is 6.54 Å². The van der Waals surface area contributed by atoms with Crippen LogP contribution in [-0.4, -0.2) is 32.2 Å². The van der Waals surface area contributed by atoms with Crippen LogP contribution in [0.4, 0.5) is 0 Å². The summed E-state index contributed by atoms with van der Waals surface area (Å²) in [5.74, 6) is 0.691. The third kappa shape index (κ3) is 2.40. The minimum Gasteiger partial charge on any atom is -0.388 e. The molecule has 0 spiro atoms. The Kier molecular flexibility index (Phi) is 2.96. The van der Waals surface area contributed by atoms with Crippen LogP contribution in [0.2, 0.25) is 0 Å². The van der Waals surface area contributed by atoms with Gasteiger partial charge in [-0.15, -0.1) is 0 Å². The van der Waals surface area contributed by atoms with Crippen LogP contribution in [0, 0.1) is 0 Å². The highest BCUT2D eigenvalue weighted by atomic mass is 79.9. The Hall–Kier alpha value is -0.980. The standard InChI is InChI=1S/C10H13BrN4O/c1-10(16,5-12)3-8-14-7-2-6(11)4-13-9(7)15-8/h2,4,16H,3,5,12H2,1H3,(H,13,14,15). The molecule has 0 radical (unpaired) electrons. The lowest BCUT2D eigenvalue weighted by molar-refractivity contribution is 0.0678. The molecule has 0 aliphatic rings. The van der Waals surface area contributed by atoms with Gasteiger partial charge in [0.1, 0.15) is 5.82 Å². The molecule has 0 saturated heterocycles. The normalized spacial score (nSPS) is 15.2. The summed E-state index contributed by atoms with van der Waals surface area (Å²) in [6.45, 7) is 1.88. The van der Waals surface area contributed by atoms with Crippen LogP contribution in [0.1, 0.15) is 12.7 Å². The Bertz CT molecular complexity index is 508. The Balaban J connectivity index is 2.33. The summed E-state index contributed by atoms with van der Waals surface area (Å²) in [4.78, 5) is 11.5. The second-order valence-corrected chi connectivity index (χ2v) is 5.00. The largest absolute Gasteiger partial charge is 0.388 e. The van der Waals surface area contributed by atoms with Crippen LogP contribution < -0.4 is 5.73 Å². The molecule has 0 aliphatic heterocycles. The molecule has 0 bridgehead atoms. The van der Waals surface area contributed by atoms with Gasteiger partial charge >= 0.3 is 0 Å². The SMILES string of the molecule is CC(O)(CN)Cc1nc2ncc(Br)cc2[nH]1. The van der Waals surface area contributed by atoms with Crippen molar-refractivity contribution in [1.29, 1.82) is 0 Å². The minimum atomic E-state index is -0.939. The molecule has 2 rings (SSSR count). The molecule has 0 fully saturated rings. The van der Waals surface area contributed by atoms with E-state index in [0.29, 0.717) is 17.9 Å². The van der Waals surface area contributed by atoms with E-state index in [9.17, 15) is 5.11 Å². The van der Waals surface area contributed by atoms with Crippen molar-refractivity contribution in [3.63, 3.8) is 0 Å². The first-order valence-electron chi connectivity index (χ1n) is 4.93. The van der Waals surface area contributed by atoms with E-state index in [2.05, 4.69) is 30.9 Å². The van der Waals surface area contributed by atoms with Gasteiger partial charge in [-0.2, -0.15) is 0 Å². The van der Waals surface area contributed by atoms with Gasteiger partial charge in [-0.25, -0.2) is 9.97 Å². The van der Waals surface area contributed by atoms with Crippen molar-refractivity contribution in [3.05, 3.63) is 22.6 Å². The molecule has 0 saturated carbocycles. The van der Waals surface area contributed by atoms with E-state index >= 15 is 0 Å². The number of imidazole rings is 1. The summed E-state index contributed by atoms with van der Waals surface area (Å²) in [5, 5.41) is 9.84. The smallest absolute Gasteiger partial charge is 0.177 e. The van der Waals surface area contributed by atoms with Gasteiger partial charge in [-0.1, -0.05) is 0 Å². The number of aliphatic hydroxyl groups is 1. The van der Waals surface area contributed by atoms with Gasteiger partial charge in [-0.3, -0.25) is 0 Å². The number of pyridine rings is 1. The van der Waals surface area contributed by atoms with Gasteiger partial charge in [0.15, 0.2) is 5.65 Å². The Morgan fingerprint density at radius 2 is 2.38 bits per heavy atom. The molecular weight excluding hydrogens is 272 g/mol. The lowest BCUT2D eigenvalue weighted by Crippen LogP contribution is -2.36. The number of nitrogens with one attached hydrogen (secondary N) is 1. The lowest BCUT2D eigenvalue weighted by Gasteiger charge is -2.18. The topological polar surface area (TPSA) is 87.8 Å². The van der Waals surface area contributed by atoms with Crippen molar-refractivity contribution in [3.8, 4) is 0 Å². The number of nitrogens with zero attached hydrogens (tertiary/aromatic N) is 2. The summed E-state index contributed by atoms with van der Waals surface area (Å²) in [5.41, 5.74) is 6.01. The molecule has 4 N–H and O–H groups in total. The van der Waals surface area contributed by atoms with Gasteiger partial charge < -0.3 is 15.8 Å². The van der Waals surface area contributed by atoms with Gasteiger partial charge in [0.2, 0.25) is 0 Å². The van der Waals surface area contributed by atoms with Gasteiger partial charge in [-0.05, 0) is 28.9 Å². The third-order valence-corrected chi connectivity index (χ3v) is 2.77. The van der Waals surface area contributed by atoms with Crippen molar-refractivity contribution >= 4 is 27.1 Å². The fourth-order valence-corrected chi connectivity index (χ4v) is 1.77. The van der Waals surface area contributed by atoms with E-state index in [1.54, 1.807) is 13.1 Å². The fourth-order valence-electron chi connectivity index (χ4n) is 1.44. The Morgan fingerprint density at radius 1 is 1.62 bits per heavy atom. The van der Waals surface area contributed by atoms with Crippen LogP contribution in [0.3, 0.4) is 0 Å². The predicted octanol–water partition coefficient (Wildman–Crippen LogP) is 0.973. The highest BCUT2D eigenvalue weighted by molar-refractivity contribution is 9.10. The van der Waals surface area contributed by atoms with E-state index in [4.69, 9.17) is 5.73 Å². The summed E-state index contributed by atoms with van der Waals surface area (Å²) in [6, 6.07) is 1.90. The molecule has 1 atom stereocenters. The first kappa shape index (κ1) is 11.5. The number of rotatable bonds is 3. The highest BCUT2D eigenvalue weighted by Crippen LogP contribution is 2.17. The molecule has 6 heteroatoms. The lowest BCUT2D eigenvalue weighted by atomic mass is 10.0. The minimum absolute atomic E-state index is 0.196. The van der Waals surface area contributed by atoms with Crippen molar-refractivity contribution in [2.24, 2.45) is 5.73 Å². The van der Waals surface area contributed by atoms with Crippen LogP contribution in [0.25, 0.3) is 11.2 Å². The average molecular weight is 285 g/mol. The third-order valence-electron chi connectivity index (χ3n) is 2.34. The molecule has 2 aromatic heterocycles. The zero-order chi connectivity index (χ0) is 11.8. The second kappa shape index (κ2) is 4.12. The summed E-state index contributed by atoms with van der Waals surface area (Å²) < 4.78 is 0.890. The van der Waals surface area contributed by atoms with E-state index < -0.39 is 5.60 Å². The van der Waals surface area contributed by atoms with Gasteiger partial charge in [0.25, 0.3) is 0 Å². The van der Waals surface area contributed by atoms with Crippen LogP contribution >= 0.6 is 15.9 Å². The number of fused-ring (bicyclic) bond motifs is 1. The number of hydrogen-bond acceptors (Lipinski definition) is 4. The fraction of sp³-hybridized carbons (Fsp3) is 0.400. The van der Waals surface area contributed by atoms with E-state index in [1.165, 1.54) is 0 Å². The van der Waals surface area contributed by atoms with Crippen molar-refractivity contribution in [2.45, 2.75) is 18.9 Å². The molecule has 0 aliphatic carbocycles. The predicted molar refractivity (Wildman–Crippen MR) is 65.0 cm³/mol. The molecule has 5 nitrogen and oxygen atoms in total. The second-order valence-electron chi connectivity index (χ2n) is 4.09. The summed E-state index contributed by atoms with van der Waals surface area (Å²) >= 11 is 3.34. The molecule has 0 amide bonds. The number of nitrogens with two attached hydrogens (primary N) is 1. The average Bonchev–Trinajstić information content (AvgIpc) is 2.58. The molecular formula is C10H13BrN4O. The summed E-state index contributed by atoms with van der Waals surface area (Å²) in [7, 11) is 0. The first-order valence-corrected chi connectivity index (χ1v) is 5.72. The molecule has 0 aromatic carbocycles. The van der Waals surface area contributed by atoms with E-state index in [0.717, 1.165) is 9.99 Å². The van der Waals surface area contributed by atoms with Crippen molar-refractivity contribution in [1.82, 2.24) is 15.0 Å². The Labute approximate surface area is 101 Å². The van der Waals surface area contributed by atoms with Crippen LogP contribution in [-0.2, 0) is 6.42 Å². The monoisotopic (exact) mass is 284 g/mol. The molecule has 86 valence electrons. The number of halogens is 1. The molecule has 2 heterocycles. The van der Waals surface area contributed by atoms with E-state index in [-0.39, 0.29) is 6.54 Å².